The molecule has 1 aromatic rings. The van der Waals surface area contributed by atoms with Crippen LogP contribution in [0, 0.1) is 5.92 Å². The highest BCUT2D eigenvalue weighted by Gasteiger charge is 2.23. The van der Waals surface area contributed by atoms with Crippen LogP contribution >= 0.6 is 0 Å². The first-order valence-electron chi connectivity index (χ1n) is 8.80. The second kappa shape index (κ2) is 9.20. The fraction of sp³-hybridized carbons (Fsp3) is 0.526. The first kappa shape index (κ1) is 19.0. The van der Waals surface area contributed by atoms with Gasteiger partial charge in [-0.25, -0.2) is 0 Å². The summed E-state index contributed by atoms with van der Waals surface area (Å²) in [4.78, 5) is 36.7. The van der Waals surface area contributed by atoms with Gasteiger partial charge < -0.3 is 15.3 Å². The number of hydrogen-bond donors (Lipinski definition) is 2. The Kier molecular flexibility index (Phi) is 6.98. The molecule has 1 aliphatic rings. The molecule has 1 fully saturated rings. The second-order valence-electron chi connectivity index (χ2n) is 6.56. The minimum Gasteiger partial charge on any atom is -0.481 e. The second-order valence-corrected chi connectivity index (χ2v) is 6.56. The molecule has 1 aliphatic heterocycles. The number of carboxylic acid groups (broad SMARTS) is 1. The smallest absolute Gasteiger partial charge is 0.303 e. The third kappa shape index (κ3) is 5.89. The average molecular weight is 346 g/mol. The summed E-state index contributed by atoms with van der Waals surface area (Å²) in [5.41, 5.74) is 1.56. The number of hydrogen-bond acceptors (Lipinski definition) is 3. The van der Waals surface area contributed by atoms with Gasteiger partial charge >= 0.3 is 5.97 Å². The summed E-state index contributed by atoms with van der Waals surface area (Å²) in [6, 6.07) is 7.32. The van der Waals surface area contributed by atoms with Crippen molar-refractivity contribution in [1.82, 2.24) is 10.2 Å². The molecule has 6 heteroatoms. The fourth-order valence-electron chi connectivity index (χ4n) is 3.28. The van der Waals surface area contributed by atoms with E-state index in [0.29, 0.717) is 31.4 Å². The lowest BCUT2D eigenvalue weighted by molar-refractivity contribution is -0.137. The van der Waals surface area contributed by atoms with Crippen LogP contribution < -0.4 is 5.32 Å². The predicted octanol–water partition coefficient (Wildman–Crippen LogP) is 2.08. The van der Waals surface area contributed by atoms with E-state index < -0.39 is 5.97 Å². The zero-order valence-corrected chi connectivity index (χ0v) is 14.7. The van der Waals surface area contributed by atoms with Crippen molar-refractivity contribution in [2.24, 2.45) is 5.92 Å². The van der Waals surface area contributed by atoms with Crippen molar-refractivity contribution in [2.75, 3.05) is 20.1 Å². The van der Waals surface area contributed by atoms with E-state index in [1.807, 2.05) is 23.1 Å². The number of piperidine rings is 1. The quantitative estimate of drug-likeness (QED) is 0.791. The Morgan fingerprint density at radius 3 is 2.80 bits per heavy atom. The van der Waals surface area contributed by atoms with Crippen molar-refractivity contribution in [1.29, 1.82) is 0 Å². The highest BCUT2D eigenvalue weighted by atomic mass is 16.4. The zero-order chi connectivity index (χ0) is 18.2. The van der Waals surface area contributed by atoms with Crippen molar-refractivity contribution in [2.45, 2.75) is 38.5 Å². The van der Waals surface area contributed by atoms with E-state index in [1.165, 1.54) is 0 Å². The highest BCUT2D eigenvalue weighted by molar-refractivity contribution is 5.94. The van der Waals surface area contributed by atoms with Crippen LogP contribution in [0.5, 0.6) is 0 Å². The van der Waals surface area contributed by atoms with Crippen LogP contribution in [0.2, 0.25) is 0 Å². The lowest BCUT2D eigenvalue weighted by Crippen LogP contribution is -2.40. The van der Waals surface area contributed by atoms with Gasteiger partial charge in [0.05, 0.1) is 0 Å². The molecule has 6 nitrogen and oxygen atoms in total. The zero-order valence-electron chi connectivity index (χ0n) is 14.7. The molecule has 1 heterocycles. The van der Waals surface area contributed by atoms with Crippen molar-refractivity contribution >= 4 is 17.8 Å². The number of likely N-dealkylation sites (tertiary alicyclic amines) is 1. The van der Waals surface area contributed by atoms with Gasteiger partial charge in [0.25, 0.3) is 5.91 Å². The Labute approximate surface area is 148 Å². The molecule has 0 aromatic heterocycles. The van der Waals surface area contributed by atoms with Gasteiger partial charge in [0.1, 0.15) is 0 Å². The topological polar surface area (TPSA) is 86.7 Å². The molecular formula is C19H26N2O4. The van der Waals surface area contributed by atoms with E-state index >= 15 is 0 Å². The molecule has 0 bridgehead atoms. The van der Waals surface area contributed by atoms with E-state index in [1.54, 1.807) is 13.1 Å². The number of aryl methyl sites for hydroxylation is 1. The molecule has 0 spiro atoms. The molecule has 2 rings (SSSR count). The monoisotopic (exact) mass is 346 g/mol. The van der Waals surface area contributed by atoms with Gasteiger partial charge in [-0.1, -0.05) is 12.1 Å². The summed E-state index contributed by atoms with van der Waals surface area (Å²) in [5, 5.41) is 11.4. The maximum Gasteiger partial charge on any atom is 0.303 e. The lowest BCUT2D eigenvalue weighted by atomic mass is 9.93. The van der Waals surface area contributed by atoms with Crippen molar-refractivity contribution in [3.05, 3.63) is 35.4 Å². The molecule has 0 saturated carbocycles. The van der Waals surface area contributed by atoms with Crippen LogP contribution in [0.15, 0.2) is 24.3 Å². The molecule has 0 aliphatic carbocycles. The molecule has 1 aromatic carbocycles. The average Bonchev–Trinajstić information content (AvgIpc) is 2.64. The van der Waals surface area contributed by atoms with Gasteiger partial charge in [0, 0.05) is 38.5 Å². The fourth-order valence-corrected chi connectivity index (χ4v) is 3.28. The summed E-state index contributed by atoms with van der Waals surface area (Å²) < 4.78 is 0. The molecule has 1 atom stereocenters. The molecule has 136 valence electrons. The number of benzene rings is 1. The third-order valence-corrected chi connectivity index (χ3v) is 4.68. The summed E-state index contributed by atoms with van der Waals surface area (Å²) in [6.07, 6.45) is 3.72. The number of carbonyl (C=O) groups is 3. The van der Waals surface area contributed by atoms with E-state index in [2.05, 4.69) is 5.32 Å². The molecule has 2 amide bonds. The predicted molar refractivity (Wildman–Crippen MR) is 94.3 cm³/mol. The van der Waals surface area contributed by atoms with E-state index in [-0.39, 0.29) is 24.2 Å². The highest BCUT2D eigenvalue weighted by Crippen LogP contribution is 2.22. The number of carboxylic acids is 1. The Hall–Kier alpha value is -2.37. The maximum atomic E-state index is 12.5. The number of nitrogens with zero attached hydrogens (tertiary/aromatic N) is 1. The number of carbonyl (C=O) groups excluding carboxylic acids is 2. The van der Waals surface area contributed by atoms with E-state index in [9.17, 15) is 14.4 Å². The van der Waals surface area contributed by atoms with Crippen molar-refractivity contribution in [3.63, 3.8) is 0 Å². The SMILES string of the molecule is CNC(=O)c1cccc(CCC(=O)N2CCCC(CCC(=O)O)C2)c1. The van der Waals surface area contributed by atoms with Crippen molar-refractivity contribution < 1.29 is 19.5 Å². The summed E-state index contributed by atoms with van der Waals surface area (Å²) in [6.45, 7) is 1.41. The van der Waals surface area contributed by atoms with Gasteiger partial charge in [-0.3, -0.25) is 14.4 Å². The van der Waals surface area contributed by atoms with Gasteiger partial charge in [0.15, 0.2) is 0 Å². The lowest BCUT2D eigenvalue weighted by Gasteiger charge is -2.32. The standard InChI is InChI=1S/C19H26N2O4/c1-20-19(25)16-6-2-4-14(12-16)7-9-17(22)21-11-3-5-15(13-21)8-10-18(23)24/h2,4,6,12,15H,3,5,7-11,13H2,1H3,(H,20,25)(H,23,24). The largest absolute Gasteiger partial charge is 0.481 e. The van der Waals surface area contributed by atoms with Gasteiger partial charge in [-0.15, -0.1) is 0 Å². The van der Waals surface area contributed by atoms with Crippen LogP contribution in [0.4, 0.5) is 0 Å². The van der Waals surface area contributed by atoms with Crippen LogP contribution in [-0.4, -0.2) is 47.9 Å². The molecule has 2 N–H and O–H groups in total. The first-order chi connectivity index (χ1) is 12.0. The number of rotatable bonds is 7. The normalized spacial score (nSPS) is 17.2. The van der Waals surface area contributed by atoms with Crippen LogP contribution in [0.1, 0.15) is 48.0 Å². The Balaban J connectivity index is 1.85. The van der Waals surface area contributed by atoms with Crippen LogP contribution in [-0.2, 0) is 16.0 Å². The Bertz CT molecular complexity index is 630. The summed E-state index contributed by atoms with van der Waals surface area (Å²) in [7, 11) is 1.59. The Morgan fingerprint density at radius 2 is 2.08 bits per heavy atom. The number of aliphatic carboxylic acids is 1. The van der Waals surface area contributed by atoms with Gasteiger partial charge in [-0.05, 0) is 49.3 Å². The number of amides is 2. The van der Waals surface area contributed by atoms with E-state index in [0.717, 1.165) is 24.9 Å². The van der Waals surface area contributed by atoms with Crippen LogP contribution in [0.25, 0.3) is 0 Å². The minimum absolute atomic E-state index is 0.102. The Morgan fingerprint density at radius 1 is 1.28 bits per heavy atom. The van der Waals surface area contributed by atoms with E-state index in [4.69, 9.17) is 5.11 Å². The van der Waals surface area contributed by atoms with Gasteiger partial charge in [0.2, 0.25) is 5.91 Å². The molecule has 1 saturated heterocycles. The summed E-state index contributed by atoms with van der Waals surface area (Å²) in [5.74, 6) is -0.527. The molecular weight excluding hydrogens is 320 g/mol. The maximum absolute atomic E-state index is 12.5. The third-order valence-electron chi connectivity index (χ3n) is 4.68. The van der Waals surface area contributed by atoms with Crippen LogP contribution in [0.3, 0.4) is 0 Å². The minimum atomic E-state index is -0.778. The molecule has 25 heavy (non-hydrogen) atoms. The van der Waals surface area contributed by atoms with Crippen molar-refractivity contribution in [3.8, 4) is 0 Å². The number of nitrogens with one attached hydrogen (secondary N) is 1. The summed E-state index contributed by atoms with van der Waals surface area (Å²) >= 11 is 0. The first-order valence-corrected chi connectivity index (χ1v) is 8.80. The van der Waals surface area contributed by atoms with Gasteiger partial charge in [-0.2, -0.15) is 0 Å². The molecule has 1 unspecified atom stereocenters. The molecule has 0 radical (unpaired) electrons.